The van der Waals surface area contributed by atoms with Crippen molar-refractivity contribution in [3.8, 4) is 17.0 Å². The Kier molecular flexibility index (Phi) is 7.07. The molecule has 33 heavy (non-hydrogen) atoms. The molecule has 7 nitrogen and oxygen atoms in total. The van der Waals surface area contributed by atoms with Gasteiger partial charge in [0.05, 0.1) is 31.9 Å². The lowest BCUT2D eigenvalue weighted by Gasteiger charge is -2.33. The minimum Gasteiger partial charge on any atom is -0.497 e. The van der Waals surface area contributed by atoms with Crippen LogP contribution in [0.3, 0.4) is 0 Å². The predicted molar refractivity (Wildman–Crippen MR) is 125 cm³/mol. The molecule has 0 atom stereocenters. The summed E-state index contributed by atoms with van der Waals surface area (Å²) in [5.74, 6) is 0.477. The van der Waals surface area contributed by atoms with Crippen LogP contribution in [0.4, 0.5) is 0 Å². The minimum absolute atomic E-state index is 0.0889. The van der Waals surface area contributed by atoms with E-state index in [1.54, 1.807) is 20.1 Å². The van der Waals surface area contributed by atoms with Gasteiger partial charge < -0.3 is 14.4 Å². The molecule has 4 rings (SSSR count). The van der Waals surface area contributed by atoms with E-state index in [9.17, 15) is 9.59 Å². The number of carbonyl (C=O) groups is 2. The summed E-state index contributed by atoms with van der Waals surface area (Å²) < 4.78 is 12.4. The fourth-order valence-electron chi connectivity index (χ4n) is 4.20. The molecule has 2 aromatic carbocycles. The van der Waals surface area contributed by atoms with Crippen molar-refractivity contribution >= 4 is 11.9 Å². The summed E-state index contributed by atoms with van der Waals surface area (Å²) in [4.78, 5) is 27.0. The zero-order valence-electron chi connectivity index (χ0n) is 19.1. The molecule has 7 heteroatoms. The highest BCUT2D eigenvalue weighted by molar-refractivity contribution is 5.88. The Labute approximate surface area is 193 Å². The van der Waals surface area contributed by atoms with E-state index in [4.69, 9.17) is 9.47 Å². The second-order valence-corrected chi connectivity index (χ2v) is 8.08. The average Bonchev–Trinajstić information content (AvgIpc) is 3.31. The van der Waals surface area contributed by atoms with Gasteiger partial charge in [0.2, 0.25) is 5.91 Å². The first kappa shape index (κ1) is 22.6. The second-order valence-electron chi connectivity index (χ2n) is 8.08. The Morgan fingerprint density at radius 3 is 2.36 bits per heavy atom. The van der Waals surface area contributed by atoms with Crippen LogP contribution in [0.2, 0.25) is 0 Å². The molecule has 0 saturated carbocycles. The molecule has 3 aromatic rings. The summed E-state index contributed by atoms with van der Waals surface area (Å²) in [5, 5.41) is 4.62. The lowest BCUT2D eigenvalue weighted by atomic mass is 10.0. The smallest absolute Gasteiger partial charge is 0.358 e. The van der Waals surface area contributed by atoms with Crippen molar-refractivity contribution in [2.45, 2.75) is 32.2 Å². The summed E-state index contributed by atoms with van der Waals surface area (Å²) in [5.41, 5.74) is 3.12. The van der Waals surface area contributed by atoms with Crippen LogP contribution in [0.1, 0.15) is 41.9 Å². The van der Waals surface area contributed by atoms with Gasteiger partial charge >= 0.3 is 5.97 Å². The van der Waals surface area contributed by atoms with Crippen LogP contribution in [-0.2, 0) is 16.0 Å². The van der Waals surface area contributed by atoms with Crippen LogP contribution in [-0.4, -0.2) is 53.4 Å². The molecule has 0 radical (unpaired) electrons. The highest BCUT2D eigenvalue weighted by Crippen LogP contribution is 2.31. The van der Waals surface area contributed by atoms with Gasteiger partial charge in [0.15, 0.2) is 5.69 Å². The number of carbonyl (C=O) groups excluding carboxylic acids is 2. The third kappa shape index (κ3) is 5.25. The molecule has 1 amide bonds. The lowest BCUT2D eigenvalue weighted by molar-refractivity contribution is -0.131. The molecular weight excluding hydrogens is 418 g/mol. The quantitative estimate of drug-likeness (QED) is 0.509. The zero-order valence-corrected chi connectivity index (χ0v) is 19.1. The molecule has 0 spiro atoms. The first-order valence-corrected chi connectivity index (χ1v) is 11.3. The number of hydrogen-bond acceptors (Lipinski definition) is 5. The van der Waals surface area contributed by atoms with Gasteiger partial charge in [0.25, 0.3) is 0 Å². The van der Waals surface area contributed by atoms with E-state index in [1.807, 2.05) is 64.2 Å². The van der Waals surface area contributed by atoms with Crippen molar-refractivity contribution in [3.63, 3.8) is 0 Å². The molecule has 0 aliphatic carbocycles. The number of aromatic nitrogens is 2. The van der Waals surface area contributed by atoms with E-state index in [2.05, 4.69) is 5.10 Å². The van der Waals surface area contributed by atoms with Crippen LogP contribution in [0, 0.1) is 0 Å². The Morgan fingerprint density at radius 1 is 1.03 bits per heavy atom. The minimum atomic E-state index is -0.429. The Balaban J connectivity index is 1.51. The van der Waals surface area contributed by atoms with Crippen LogP contribution >= 0.6 is 0 Å². The lowest BCUT2D eigenvalue weighted by Crippen LogP contribution is -2.40. The van der Waals surface area contributed by atoms with Crippen molar-refractivity contribution in [2.75, 3.05) is 26.8 Å². The number of methoxy groups -OCH3 is 1. The number of ether oxygens (including phenoxy) is 2. The predicted octanol–water partition coefficient (Wildman–Crippen LogP) is 4.14. The third-order valence-corrected chi connectivity index (χ3v) is 5.97. The van der Waals surface area contributed by atoms with Crippen molar-refractivity contribution in [1.82, 2.24) is 14.7 Å². The molecule has 0 N–H and O–H groups in total. The highest BCUT2D eigenvalue weighted by Gasteiger charge is 2.27. The summed E-state index contributed by atoms with van der Waals surface area (Å²) in [7, 11) is 1.63. The molecule has 1 aliphatic heterocycles. The van der Waals surface area contributed by atoms with Crippen molar-refractivity contribution in [1.29, 1.82) is 0 Å². The van der Waals surface area contributed by atoms with E-state index in [-0.39, 0.29) is 11.9 Å². The number of hydrogen-bond donors (Lipinski definition) is 0. The maximum Gasteiger partial charge on any atom is 0.358 e. The SMILES string of the molecule is CCOC(=O)c1cc(-c2ccc(OC)cc2)n(C2CCN(C(=O)Cc3ccccc3)CC2)n1. The fraction of sp³-hybridized carbons (Fsp3) is 0.346. The van der Waals surface area contributed by atoms with Gasteiger partial charge in [0, 0.05) is 18.7 Å². The summed E-state index contributed by atoms with van der Waals surface area (Å²) in [6, 6.07) is 19.4. The van der Waals surface area contributed by atoms with E-state index >= 15 is 0 Å². The van der Waals surface area contributed by atoms with Crippen LogP contribution < -0.4 is 4.74 Å². The molecular formula is C26H29N3O4. The van der Waals surface area contributed by atoms with Crippen LogP contribution in [0.25, 0.3) is 11.3 Å². The fourth-order valence-corrected chi connectivity index (χ4v) is 4.20. The summed E-state index contributed by atoms with van der Waals surface area (Å²) in [6.07, 6.45) is 1.96. The second kappa shape index (κ2) is 10.3. The van der Waals surface area contributed by atoms with E-state index in [0.29, 0.717) is 31.8 Å². The molecule has 1 aliphatic rings. The Morgan fingerprint density at radius 2 is 1.73 bits per heavy atom. The largest absolute Gasteiger partial charge is 0.497 e. The van der Waals surface area contributed by atoms with E-state index in [1.165, 1.54) is 0 Å². The van der Waals surface area contributed by atoms with E-state index in [0.717, 1.165) is 35.4 Å². The number of amides is 1. The van der Waals surface area contributed by atoms with Gasteiger partial charge in [-0.3, -0.25) is 9.48 Å². The molecule has 0 bridgehead atoms. The highest BCUT2D eigenvalue weighted by atomic mass is 16.5. The van der Waals surface area contributed by atoms with Gasteiger partial charge in [0.1, 0.15) is 5.75 Å². The maximum atomic E-state index is 12.8. The molecule has 1 fully saturated rings. The van der Waals surface area contributed by atoms with E-state index < -0.39 is 5.97 Å². The first-order valence-electron chi connectivity index (χ1n) is 11.3. The van der Waals surface area contributed by atoms with Crippen molar-refractivity contribution in [3.05, 3.63) is 71.9 Å². The summed E-state index contributed by atoms with van der Waals surface area (Å²) >= 11 is 0. The Bertz CT molecular complexity index is 1080. The number of esters is 1. The maximum absolute atomic E-state index is 12.8. The Hall–Kier alpha value is -3.61. The summed E-state index contributed by atoms with van der Waals surface area (Å²) in [6.45, 7) is 3.40. The molecule has 172 valence electrons. The van der Waals surface area contributed by atoms with Gasteiger partial charge in [-0.05, 0) is 55.7 Å². The van der Waals surface area contributed by atoms with Crippen molar-refractivity contribution in [2.24, 2.45) is 0 Å². The number of benzene rings is 2. The number of piperidine rings is 1. The van der Waals surface area contributed by atoms with Gasteiger partial charge in [-0.1, -0.05) is 30.3 Å². The van der Waals surface area contributed by atoms with Gasteiger partial charge in [-0.25, -0.2) is 4.79 Å². The zero-order chi connectivity index (χ0) is 23.2. The number of nitrogens with zero attached hydrogens (tertiary/aromatic N) is 3. The topological polar surface area (TPSA) is 73.7 Å². The monoisotopic (exact) mass is 447 g/mol. The molecule has 2 heterocycles. The van der Waals surface area contributed by atoms with Crippen LogP contribution in [0.15, 0.2) is 60.7 Å². The third-order valence-electron chi connectivity index (χ3n) is 5.97. The molecule has 1 aromatic heterocycles. The van der Waals surface area contributed by atoms with Gasteiger partial charge in [-0.15, -0.1) is 0 Å². The van der Waals surface area contributed by atoms with Crippen LogP contribution in [0.5, 0.6) is 5.75 Å². The normalized spacial score (nSPS) is 14.2. The standard InChI is InChI=1S/C26H29N3O4/c1-3-33-26(31)23-18-24(20-9-11-22(32-2)12-10-20)29(27-23)21-13-15-28(16-14-21)25(30)17-19-7-5-4-6-8-19/h4-12,18,21H,3,13-17H2,1-2H3. The number of rotatable bonds is 7. The van der Waals surface area contributed by atoms with Gasteiger partial charge in [-0.2, -0.15) is 5.10 Å². The first-order chi connectivity index (χ1) is 16.1. The number of likely N-dealkylation sites (tertiary alicyclic amines) is 1. The van der Waals surface area contributed by atoms with Crippen molar-refractivity contribution < 1.29 is 19.1 Å². The average molecular weight is 448 g/mol. The molecule has 1 saturated heterocycles. The molecule has 0 unspecified atom stereocenters.